The van der Waals surface area contributed by atoms with E-state index in [0.717, 1.165) is 0 Å². The maximum atomic E-state index is 10.8. The molecule has 17 heavy (non-hydrogen) atoms. The molecule has 6 nitrogen and oxygen atoms in total. The number of carboxylic acid groups (broad SMARTS) is 1. The van der Waals surface area contributed by atoms with E-state index in [1.54, 1.807) is 30.1 Å². The van der Waals surface area contributed by atoms with Crippen molar-refractivity contribution in [2.75, 3.05) is 5.32 Å². The van der Waals surface area contributed by atoms with Crippen LogP contribution in [-0.2, 0) is 7.05 Å². The number of pyridine rings is 1. The molecule has 0 spiro atoms. The Kier molecular flexibility index (Phi) is 2.97. The first-order valence-electron chi connectivity index (χ1n) is 4.73. The lowest BCUT2D eigenvalue weighted by atomic mass is 10.3. The molecular formula is C10H9ClN4O2. The Morgan fingerprint density at radius 2 is 2.18 bits per heavy atom. The molecule has 0 fully saturated rings. The molecule has 0 amide bonds. The molecule has 88 valence electrons. The number of aromatic nitrogens is 3. The van der Waals surface area contributed by atoms with Gasteiger partial charge in [0.05, 0.1) is 5.02 Å². The van der Waals surface area contributed by atoms with Crippen molar-refractivity contribution in [2.45, 2.75) is 0 Å². The number of nitrogens with zero attached hydrogens (tertiary/aromatic N) is 3. The second-order valence-corrected chi connectivity index (χ2v) is 3.74. The van der Waals surface area contributed by atoms with Crippen LogP contribution in [0.2, 0.25) is 5.02 Å². The molecule has 2 rings (SSSR count). The van der Waals surface area contributed by atoms with Gasteiger partial charge in [0, 0.05) is 19.3 Å². The van der Waals surface area contributed by atoms with E-state index in [0.29, 0.717) is 11.6 Å². The number of aryl methyl sites for hydroxylation is 1. The molecule has 0 atom stereocenters. The number of carbonyl (C=O) groups is 1. The van der Waals surface area contributed by atoms with Gasteiger partial charge in [-0.3, -0.25) is 4.68 Å². The Hall–Kier alpha value is -2.08. The van der Waals surface area contributed by atoms with Crippen LogP contribution < -0.4 is 5.32 Å². The van der Waals surface area contributed by atoms with E-state index in [-0.39, 0.29) is 10.7 Å². The molecule has 0 saturated heterocycles. The van der Waals surface area contributed by atoms with Crippen molar-refractivity contribution < 1.29 is 9.90 Å². The molecule has 2 heterocycles. The van der Waals surface area contributed by atoms with Crippen molar-refractivity contribution >= 4 is 29.2 Å². The highest BCUT2D eigenvalue weighted by Crippen LogP contribution is 2.18. The molecule has 0 aromatic carbocycles. The molecule has 0 radical (unpaired) electrons. The minimum absolute atomic E-state index is 0.101. The number of nitrogens with one attached hydrogen (secondary N) is 1. The third-order valence-corrected chi connectivity index (χ3v) is 2.32. The van der Waals surface area contributed by atoms with Gasteiger partial charge in [-0.15, -0.1) is 0 Å². The lowest BCUT2D eigenvalue weighted by molar-refractivity contribution is 0.0691. The fraction of sp³-hybridized carbons (Fsp3) is 0.100. The van der Waals surface area contributed by atoms with Gasteiger partial charge in [-0.05, 0) is 12.1 Å². The number of anilines is 2. The Balaban J connectivity index is 2.28. The van der Waals surface area contributed by atoms with E-state index in [9.17, 15) is 4.79 Å². The van der Waals surface area contributed by atoms with Crippen molar-refractivity contribution in [1.29, 1.82) is 0 Å². The summed E-state index contributed by atoms with van der Waals surface area (Å²) in [7, 11) is 1.78. The molecule has 0 bridgehead atoms. The lowest BCUT2D eigenvalue weighted by Crippen LogP contribution is -2.04. The zero-order chi connectivity index (χ0) is 12.4. The smallest absolute Gasteiger partial charge is 0.356 e. The van der Waals surface area contributed by atoms with Crippen LogP contribution in [0.4, 0.5) is 11.6 Å². The van der Waals surface area contributed by atoms with Crippen molar-refractivity contribution in [3.8, 4) is 0 Å². The van der Waals surface area contributed by atoms with Gasteiger partial charge in [0.25, 0.3) is 0 Å². The summed E-state index contributed by atoms with van der Waals surface area (Å²) >= 11 is 5.71. The van der Waals surface area contributed by atoms with Gasteiger partial charge in [-0.1, -0.05) is 11.6 Å². The number of carboxylic acids is 1. The van der Waals surface area contributed by atoms with Crippen LogP contribution in [0.15, 0.2) is 24.4 Å². The molecule has 0 unspecified atom stereocenters. The van der Waals surface area contributed by atoms with Gasteiger partial charge in [-0.25, -0.2) is 9.78 Å². The quantitative estimate of drug-likeness (QED) is 0.872. The van der Waals surface area contributed by atoms with Crippen molar-refractivity contribution in [1.82, 2.24) is 14.8 Å². The molecule has 2 aromatic rings. The standard InChI is InChI=1S/C10H9ClN4O2/c1-15-5-4-8(14-15)12-7-3-2-6(11)9(13-7)10(16)17/h2-5H,1H3,(H,16,17)(H,12,13,14). The maximum Gasteiger partial charge on any atom is 0.356 e. The highest BCUT2D eigenvalue weighted by molar-refractivity contribution is 6.33. The SMILES string of the molecule is Cn1ccc(Nc2ccc(Cl)c(C(=O)O)n2)n1. The van der Waals surface area contributed by atoms with Crippen molar-refractivity contribution in [3.63, 3.8) is 0 Å². The van der Waals surface area contributed by atoms with Crippen LogP contribution >= 0.6 is 11.6 Å². The van der Waals surface area contributed by atoms with E-state index in [2.05, 4.69) is 15.4 Å². The minimum atomic E-state index is -1.17. The summed E-state index contributed by atoms with van der Waals surface area (Å²) in [5, 5.41) is 15.9. The number of aromatic carboxylic acids is 1. The average Bonchev–Trinajstić information content (AvgIpc) is 2.66. The van der Waals surface area contributed by atoms with E-state index >= 15 is 0 Å². The first kappa shape index (κ1) is 11.4. The fourth-order valence-corrected chi connectivity index (χ4v) is 1.46. The summed E-state index contributed by atoms with van der Waals surface area (Å²) in [4.78, 5) is 14.7. The number of rotatable bonds is 3. The zero-order valence-electron chi connectivity index (χ0n) is 8.88. The number of hydrogen-bond donors (Lipinski definition) is 2. The maximum absolute atomic E-state index is 10.8. The minimum Gasteiger partial charge on any atom is -0.476 e. The fourth-order valence-electron chi connectivity index (χ4n) is 1.27. The third kappa shape index (κ3) is 2.54. The second kappa shape index (κ2) is 4.42. The van der Waals surface area contributed by atoms with Gasteiger partial charge in [0.2, 0.25) is 0 Å². The van der Waals surface area contributed by atoms with Gasteiger partial charge in [0.1, 0.15) is 5.82 Å². The van der Waals surface area contributed by atoms with Crippen LogP contribution in [0.25, 0.3) is 0 Å². The summed E-state index contributed by atoms with van der Waals surface area (Å²) in [6.45, 7) is 0. The van der Waals surface area contributed by atoms with Gasteiger partial charge >= 0.3 is 5.97 Å². The van der Waals surface area contributed by atoms with E-state index in [1.165, 1.54) is 6.07 Å². The molecule has 0 saturated carbocycles. The molecule has 7 heteroatoms. The van der Waals surface area contributed by atoms with Gasteiger partial charge < -0.3 is 10.4 Å². The van der Waals surface area contributed by atoms with Crippen LogP contribution in [0, 0.1) is 0 Å². The average molecular weight is 253 g/mol. The monoisotopic (exact) mass is 252 g/mol. The molecule has 2 N–H and O–H groups in total. The largest absolute Gasteiger partial charge is 0.476 e. The Morgan fingerprint density at radius 3 is 2.76 bits per heavy atom. The van der Waals surface area contributed by atoms with Gasteiger partial charge in [-0.2, -0.15) is 5.10 Å². The first-order valence-corrected chi connectivity index (χ1v) is 5.10. The Morgan fingerprint density at radius 1 is 1.41 bits per heavy atom. The van der Waals surface area contributed by atoms with Crippen LogP contribution in [0.3, 0.4) is 0 Å². The van der Waals surface area contributed by atoms with Crippen molar-refractivity contribution in [2.24, 2.45) is 7.05 Å². The van der Waals surface area contributed by atoms with E-state index in [4.69, 9.17) is 16.7 Å². The number of hydrogen-bond acceptors (Lipinski definition) is 4. The second-order valence-electron chi connectivity index (χ2n) is 3.33. The lowest BCUT2D eigenvalue weighted by Gasteiger charge is -2.04. The Labute approximate surface area is 102 Å². The molecule has 0 aliphatic rings. The first-order chi connectivity index (χ1) is 8.06. The number of halogens is 1. The van der Waals surface area contributed by atoms with Crippen LogP contribution in [0.5, 0.6) is 0 Å². The molecular weight excluding hydrogens is 244 g/mol. The van der Waals surface area contributed by atoms with Crippen LogP contribution in [-0.4, -0.2) is 25.8 Å². The highest BCUT2D eigenvalue weighted by atomic mass is 35.5. The predicted octanol–water partition coefficient (Wildman–Crippen LogP) is 1.91. The predicted molar refractivity (Wildman–Crippen MR) is 62.7 cm³/mol. The van der Waals surface area contributed by atoms with Crippen molar-refractivity contribution in [3.05, 3.63) is 35.1 Å². The Bertz CT molecular complexity index is 567. The third-order valence-electron chi connectivity index (χ3n) is 2.02. The van der Waals surface area contributed by atoms with E-state index in [1.807, 2.05) is 0 Å². The summed E-state index contributed by atoms with van der Waals surface area (Å²) in [5.41, 5.74) is -0.187. The molecule has 0 aliphatic carbocycles. The summed E-state index contributed by atoms with van der Waals surface area (Å²) in [6, 6.07) is 4.81. The summed E-state index contributed by atoms with van der Waals surface area (Å²) in [5.74, 6) is -0.205. The van der Waals surface area contributed by atoms with Crippen LogP contribution in [0.1, 0.15) is 10.5 Å². The summed E-state index contributed by atoms with van der Waals surface area (Å²) < 4.78 is 1.62. The molecule has 0 aliphatic heterocycles. The highest BCUT2D eigenvalue weighted by Gasteiger charge is 2.11. The van der Waals surface area contributed by atoms with Gasteiger partial charge in [0.15, 0.2) is 11.5 Å². The zero-order valence-corrected chi connectivity index (χ0v) is 9.64. The molecule has 2 aromatic heterocycles. The normalized spacial score (nSPS) is 10.2. The van der Waals surface area contributed by atoms with E-state index < -0.39 is 5.97 Å². The topological polar surface area (TPSA) is 80.0 Å². The summed E-state index contributed by atoms with van der Waals surface area (Å²) in [6.07, 6.45) is 1.76.